The van der Waals surface area contributed by atoms with Crippen molar-refractivity contribution in [3.05, 3.63) is 40.6 Å². The Morgan fingerprint density at radius 2 is 2.03 bits per heavy atom. The molecular formula is C22H25N5O3S. The summed E-state index contributed by atoms with van der Waals surface area (Å²) >= 11 is 1.34. The van der Waals surface area contributed by atoms with Crippen LogP contribution in [0.4, 0.5) is 11.6 Å². The average molecular weight is 440 g/mol. The van der Waals surface area contributed by atoms with Gasteiger partial charge in [-0.2, -0.15) is 0 Å². The van der Waals surface area contributed by atoms with E-state index in [-0.39, 0.29) is 24.2 Å². The Labute approximate surface area is 184 Å². The van der Waals surface area contributed by atoms with Crippen LogP contribution >= 0.6 is 11.3 Å². The lowest BCUT2D eigenvalue weighted by molar-refractivity contribution is -0.122. The third-order valence-corrected chi connectivity index (χ3v) is 6.57. The molecule has 3 N–H and O–H groups in total. The fraction of sp³-hybridized carbons (Fsp3) is 0.364. The number of hydrogen-bond donors (Lipinski definition) is 2. The summed E-state index contributed by atoms with van der Waals surface area (Å²) in [7, 11) is 1.78. The van der Waals surface area contributed by atoms with E-state index in [1.54, 1.807) is 28.6 Å². The molecule has 1 fully saturated rings. The van der Waals surface area contributed by atoms with Crippen LogP contribution in [0.1, 0.15) is 41.8 Å². The first-order valence-electron chi connectivity index (χ1n) is 10.3. The Morgan fingerprint density at radius 1 is 1.26 bits per heavy atom. The lowest BCUT2D eigenvalue weighted by Crippen LogP contribution is -2.31. The average Bonchev–Trinajstić information content (AvgIpc) is 3.51. The van der Waals surface area contributed by atoms with E-state index >= 15 is 0 Å². The van der Waals surface area contributed by atoms with Crippen molar-refractivity contribution in [2.24, 2.45) is 11.7 Å². The minimum Gasteiger partial charge on any atom is -0.370 e. The van der Waals surface area contributed by atoms with Crippen molar-refractivity contribution in [2.75, 3.05) is 17.3 Å². The molecule has 3 aromatic rings. The van der Waals surface area contributed by atoms with Crippen molar-refractivity contribution >= 4 is 51.7 Å². The first kappa shape index (κ1) is 21.0. The van der Waals surface area contributed by atoms with Gasteiger partial charge in [-0.15, -0.1) is 11.3 Å². The van der Waals surface area contributed by atoms with Crippen LogP contribution in [0.5, 0.6) is 0 Å². The van der Waals surface area contributed by atoms with Gasteiger partial charge < -0.3 is 15.2 Å². The van der Waals surface area contributed by atoms with E-state index in [1.807, 2.05) is 23.6 Å². The number of thiophene rings is 1. The number of primary amides is 1. The number of fused-ring (bicyclic) bond motifs is 1. The van der Waals surface area contributed by atoms with Gasteiger partial charge >= 0.3 is 0 Å². The van der Waals surface area contributed by atoms with Crippen molar-refractivity contribution in [3.8, 4) is 0 Å². The van der Waals surface area contributed by atoms with Gasteiger partial charge in [-0.3, -0.25) is 19.7 Å². The topological polar surface area (TPSA) is 110 Å². The quantitative estimate of drug-likeness (QED) is 0.588. The zero-order valence-electron chi connectivity index (χ0n) is 17.3. The molecule has 1 saturated carbocycles. The predicted molar refractivity (Wildman–Crippen MR) is 121 cm³/mol. The van der Waals surface area contributed by atoms with Crippen LogP contribution in [0.3, 0.4) is 0 Å². The molecule has 1 aliphatic rings. The molecular weight excluding hydrogens is 414 g/mol. The molecule has 0 saturated heterocycles. The summed E-state index contributed by atoms with van der Waals surface area (Å²) in [5.74, 6) is -0.155. The van der Waals surface area contributed by atoms with E-state index in [9.17, 15) is 14.4 Å². The molecule has 3 amide bonds. The fourth-order valence-electron chi connectivity index (χ4n) is 4.02. The molecule has 162 valence electrons. The number of amides is 3. The van der Waals surface area contributed by atoms with Crippen molar-refractivity contribution in [3.63, 3.8) is 0 Å². The number of carbonyl (C=O) groups excluding carboxylic acids is 3. The third kappa shape index (κ3) is 4.46. The first-order valence-corrected chi connectivity index (χ1v) is 11.2. The summed E-state index contributed by atoms with van der Waals surface area (Å²) in [6, 6.07) is 9.10. The number of nitrogens with one attached hydrogen (secondary N) is 1. The van der Waals surface area contributed by atoms with E-state index in [2.05, 4.69) is 10.3 Å². The molecule has 31 heavy (non-hydrogen) atoms. The molecule has 0 aliphatic heterocycles. The number of aryl methyl sites for hydroxylation is 1. The second-order valence-electron chi connectivity index (χ2n) is 7.79. The van der Waals surface area contributed by atoms with E-state index in [4.69, 9.17) is 5.73 Å². The number of nitrogens with two attached hydrogens (primary N) is 1. The number of nitrogens with zero attached hydrogens (tertiary/aromatic N) is 3. The van der Waals surface area contributed by atoms with Crippen molar-refractivity contribution in [1.29, 1.82) is 0 Å². The van der Waals surface area contributed by atoms with Gasteiger partial charge in [0.25, 0.3) is 5.91 Å². The molecule has 1 aromatic carbocycles. The number of carbonyl (C=O) groups is 3. The number of imidazole rings is 1. The molecule has 2 heterocycles. The molecule has 0 atom stereocenters. The van der Waals surface area contributed by atoms with Crippen molar-refractivity contribution in [1.82, 2.24) is 9.55 Å². The second-order valence-corrected chi connectivity index (χ2v) is 8.73. The maximum atomic E-state index is 12.8. The van der Waals surface area contributed by atoms with Crippen LogP contribution in [-0.2, 0) is 16.1 Å². The maximum absolute atomic E-state index is 12.8. The van der Waals surface area contributed by atoms with Gasteiger partial charge in [-0.1, -0.05) is 18.9 Å². The largest absolute Gasteiger partial charge is 0.370 e. The smallest absolute Gasteiger partial charge is 0.268 e. The number of aromatic nitrogens is 2. The Balaban J connectivity index is 1.65. The minimum atomic E-state index is -0.434. The number of hydrogen-bond acceptors (Lipinski definition) is 5. The summed E-state index contributed by atoms with van der Waals surface area (Å²) in [5.41, 5.74) is 7.48. The van der Waals surface area contributed by atoms with Gasteiger partial charge in [0.1, 0.15) is 0 Å². The Hall–Kier alpha value is -3.20. The van der Waals surface area contributed by atoms with Crippen molar-refractivity contribution < 1.29 is 14.4 Å². The van der Waals surface area contributed by atoms with Gasteiger partial charge in [0.2, 0.25) is 17.8 Å². The fourth-order valence-corrected chi connectivity index (χ4v) is 4.63. The van der Waals surface area contributed by atoms with Gasteiger partial charge in [0.15, 0.2) is 0 Å². The zero-order valence-corrected chi connectivity index (χ0v) is 18.2. The molecule has 4 rings (SSSR count). The first-order chi connectivity index (χ1) is 14.9. The molecule has 8 nitrogen and oxygen atoms in total. The van der Waals surface area contributed by atoms with E-state index in [1.165, 1.54) is 11.3 Å². The monoisotopic (exact) mass is 439 g/mol. The third-order valence-electron chi connectivity index (χ3n) is 5.71. The van der Waals surface area contributed by atoms with Gasteiger partial charge in [-0.25, -0.2) is 4.98 Å². The molecule has 2 aromatic heterocycles. The highest BCUT2D eigenvalue weighted by molar-refractivity contribution is 7.12. The molecule has 0 spiro atoms. The highest BCUT2D eigenvalue weighted by Gasteiger charge is 2.26. The van der Waals surface area contributed by atoms with Gasteiger partial charge in [0.05, 0.1) is 15.9 Å². The lowest BCUT2D eigenvalue weighted by Gasteiger charge is -2.21. The van der Waals surface area contributed by atoms with Crippen LogP contribution in [0.2, 0.25) is 0 Å². The normalized spacial score (nSPS) is 14.1. The van der Waals surface area contributed by atoms with Crippen LogP contribution in [0.15, 0.2) is 35.7 Å². The molecule has 1 aliphatic carbocycles. The Bertz CT molecular complexity index is 1120. The van der Waals surface area contributed by atoms with Crippen molar-refractivity contribution in [2.45, 2.75) is 38.6 Å². The van der Waals surface area contributed by atoms with E-state index in [0.29, 0.717) is 22.9 Å². The SMILES string of the molecule is CN(C(=O)C1CCCC1)c1ccc2c(c1)nc(NC(=O)c1cccs1)n2CCC(N)=O. The standard InChI is InChI=1S/C22H25N5O3S/c1-26(21(30)14-5-2-3-6-14)15-8-9-17-16(13-15)24-22(27(17)11-10-19(23)28)25-20(29)18-7-4-12-31-18/h4,7-9,12-14H,2-3,5-6,10-11H2,1H3,(H2,23,28)(H,24,25,29). The highest BCUT2D eigenvalue weighted by Crippen LogP contribution is 2.30. The van der Waals surface area contributed by atoms with Crippen LogP contribution < -0.4 is 16.0 Å². The summed E-state index contributed by atoms with van der Waals surface area (Å²) in [6.07, 6.45) is 4.19. The molecule has 9 heteroatoms. The Kier molecular flexibility index (Phi) is 6.03. The summed E-state index contributed by atoms with van der Waals surface area (Å²) < 4.78 is 1.77. The summed E-state index contributed by atoms with van der Waals surface area (Å²) in [4.78, 5) is 43.5. The van der Waals surface area contributed by atoms with E-state index < -0.39 is 5.91 Å². The Morgan fingerprint density at radius 3 is 2.71 bits per heavy atom. The highest BCUT2D eigenvalue weighted by atomic mass is 32.1. The second kappa shape index (κ2) is 8.89. The molecule has 0 bridgehead atoms. The number of benzene rings is 1. The van der Waals surface area contributed by atoms with Gasteiger partial charge in [-0.05, 0) is 42.5 Å². The predicted octanol–water partition coefficient (Wildman–Crippen LogP) is 3.38. The summed E-state index contributed by atoms with van der Waals surface area (Å²) in [5, 5.41) is 4.66. The molecule has 0 unspecified atom stereocenters. The van der Waals surface area contributed by atoms with E-state index in [0.717, 1.165) is 36.9 Å². The lowest BCUT2D eigenvalue weighted by atomic mass is 10.1. The molecule has 0 radical (unpaired) electrons. The van der Waals surface area contributed by atoms with Crippen LogP contribution in [0.25, 0.3) is 11.0 Å². The maximum Gasteiger partial charge on any atom is 0.268 e. The zero-order chi connectivity index (χ0) is 22.0. The van der Waals surface area contributed by atoms with Crippen LogP contribution in [-0.4, -0.2) is 34.3 Å². The minimum absolute atomic E-state index is 0.0782. The number of rotatable bonds is 7. The van der Waals surface area contributed by atoms with Gasteiger partial charge in [0, 0.05) is 31.6 Å². The number of anilines is 2. The van der Waals surface area contributed by atoms with Crippen LogP contribution in [0, 0.1) is 5.92 Å². The summed E-state index contributed by atoms with van der Waals surface area (Å²) in [6.45, 7) is 0.294.